The number of esters is 2. The van der Waals surface area contributed by atoms with Gasteiger partial charge in [-0.3, -0.25) is 14.9 Å². The van der Waals surface area contributed by atoms with Crippen LogP contribution in [0.4, 0.5) is 5.69 Å². The molecule has 2 aromatic rings. The van der Waals surface area contributed by atoms with Crippen molar-refractivity contribution in [2.45, 2.75) is 20.8 Å². The first kappa shape index (κ1) is 21.6. The van der Waals surface area contributed by atoms with Crippen LogP contribution in [0.1, 0.15) is 39.0 Å². The number of H-pyrrole nitrogens is 1. The van der Waals surface area contributed by atoms with Gasteiger partial charge >= 0.3 is 17.6 Å². The molecule has 0 unspecified atom stereocenters. The summed E-state index contributed by atoms with van der Waals surface area (Å²) in [6.45, 7) is 3.80. The monoisotopic (exact) mass is 404 g/mol. The van der Waals surface area contributed by atoms with E-state index in [0.29, 0.717) is 11.4 Å². The molecular weight excluding hydrogens is 384 g/mol. The maximum Gasteiger partial charge on any atom is 0.344 e. The summed E-state index contributed by atoms with van der Waals surface area (Å²) in [6, 6.07) is 5.56. The van der Waals surface area contributed by atoms with Gasteiger partial charge in [0.15, 0.2) is 19.0 Å². The molecule has 10 heteroatoms. The van der Waals surface area contributed by atoms with Crippen molar-refractivity contribution in [2.24, 2.45) is 0 Å². The van der Waals surface area contributed by atoms with Gasteiger partial charge in [0.25, 0.3) is 0 Å². The molecule has 10 nitrogen and oxygen atoms in total. The largest absolute Gasteiger partial charge is 0.475 e. The number of carbonyl (C=O) groups is 3. The topological polar surface area (TPSA) is 138 Å². The fourth-order valence-electron chi connectivity index (χ4n) is 2.71. The normalized spacial score (nSPS) is 10.3. The number of rotatable bonds is 9. The second-order valence-electron chi connectivity index (χ2n) is 5.94. The summed E-state index contributed by atoms with van der Waals surface area (Å²) < 4.78 is 15.0. The Morgan fingerprint density at radius 1 is 1.03 bits per heavy atom. The average Bonchev–Trinajstić information content (AvgIpc) is 2.98. The molecule has 0 spiro atoms. The Morgan fingerprint density at radius 3 is 2.34 bits per heavy atom. The predicted molar refractivity (Wildman–Crippen MR) is 100 cm³/mol. The van der Waals surface area contributed by atoms with Crippen LogP contribution < -0.4 is 4.74 Å². The van der Waals surface area contributed by atoms with E-state index in [1.807, 2.05) is 0 Å². The Balaban J connectivity index is 2.00. The Morgan fingerprint density at radius 2 is 1.69 bits per heavy atom. The number of nitro groups is 1. The maximum absolute atomic E-state index is 12.5. The van der Waals surface area contributed by atoms with Crippen molar-refractivity contribution >= 4 is 23.4 Å². The van der Waals surface area contributed by atoms with Gasteiger partial charge in [0, 0.05) is 17.5 Å². The lowest BCUT2D eigenvalue weighted by Gasteiger charge is -2.08. The van der Waals surface area contributed by atoms with Crippen LogP contribution in [0.2, 0.25) is 0 Å². The highest BCUT2D eigenvalue weighted by atomic mass is 16.6. The molecule has 0 saturated heterocycles. The van der Waals surface area contributed by atoms with Crippen LogP contribution in [0, 0.1) is 24.0 Å². The van der Waals surface area contributed by atoms with Crippen molar-refractivity contribution in [3.63, 3.8) is 0 Å². The van der Waals surface area contributed by atoms with Crippen LogP contribution in [0.15, 0.2) is 24.3 Å². The highest BCUT2D eigenvalue weighted by Gasteiger charge is 2.26. The summed E-state index contributed by atoms with van der Waals surface area (Å²) in [4.78, 5) is 49.7. The third-order valence-electron chi connectivity index (χ3n) is 3.91. The van der Waals surface area contributed by atoms with Crippen LogP contribution in [0.25, 0.3) is 0 Å². The first-order valence-corrected chi connectivity index (χ1v) is 8.67. The van der Waals surface area contributed by atoms with Gasteiger partial charge in [-0.1, -0.05) is 12.1 Å². The third kappa shape index (κ3) is 5.18. The molecule has 0 radical (unpaired) electrons. The number of nitro benzene ring substituents is 1. The van der Waals surface area contributed by atoms with Crippen LogP contribution in [-0.2, 0) is 14.3 Å². The Bertz CT molecular complexity index is 948. The summed E-state index contributed by atoms with van der Waals surface area (Å²) >= 11 is 0. The van der Waals surface area contributed by atoms with E-state index >= 15 is 0 Å². The molecule has 0 aliphatic carbocycles. The van der Waals surface area contributed by atoms with Crippen LogP contribution in [0.3, 0.4) is 0 Å². The van der Waals surface area contributed by atoms with Gasteiger partial charge in [0.05, 0.1) is 22.7 Å². The minimum absolute atomic E-state index is 0.0911. The Hall–Kier alpha value is -3.69. The lowest BCUT2D eigenvalue weighted by molar-refractivity contribution is -0.385. The number of Topliss-reactive ketones (excluding diaryl/α,β-unsaturated/α-hetero) is 1. The van der Waals surface area contributed by atoms with Gasteiger partial charge in [-0.2, -0.15) is 0 Å². The summed E-state index contributed by atoms with van der Waals surface area (Å²) in [5, 5.41) is 10.9. The number of ketones is 1. The molecule has 29 heavy (non-hydrogen) atoms. The summed E-state index contributed by atoms with van der Waals surface area (Å²) in [6.07, 6.45) is 0. The standard InChI is InChI=1S/C19H20N2O8/c1-4-27-19(24)18-12(3)20-11(2)17(18)14(22)9-29-16(23)10-28-15-8-6-5-7-13(15)21(25)26/h5-8,20H,4,9-10H2,1-3H3. The number of aromatic amines is 1. The number of benzene rings is 1. The summed E-state index contributed by atoms with van der Waals surface area (Å²) in [5.41, 5.74) is 0.807. The molecule has 0 bridgehead atoms. The van der Waals surface area contributed by atoms with Gasteiger partial charge in [-0.25, -0.2) is 9.59 Å². The Labute approximate surface area is 165 Å². The molecule has 0 saturated carbocycles. The third-order valence-corrected chi connectivity index (χ3v) is 3.91. The summed E-state index contributed by atoms with van der Waals surface area (Å²) in [5.74, 6) is -2.22. The number of nitrogens with one attached hydrogen (secondary N) is 1. The van der Waals surface area contributed by atoms with Gasteiger partial charge in [-0.15, -0.1) is 0 Å². The average molecular weight is 404 g/mol. The first-order chi connectivity index (χ1) is 13.8. The van der Waals surface area contributed by atoms with Crippen molar-refractivity contribution in [1.82, 2.24) is 4.98 Å². The van der Waals surface area contributed by atoms with E-state index in [9.17, 15) is 24.5 Å². The molecule has 0 atom stereocenters. The zero-order valence-corrected chi connectivity index (χ0v) is 16.1. The van der Waals surface area contributed by atoms with E-state index < -0.39 is 35.9 Å². The number of para-hydroxylation sites is 2. The molecule has 1 N–H and O–H groups in total. The minimum Gasteiger partial charge on any atom is -0.475 e. The van der Waals surface area contributed by atoms with E-state index in [-0.39, 0.29) is 29.2 Å². The van der Waals surface area contributed by atoms with E-state index in [2.05, 4.69) is 4.98 Å². The number of aryl methyl sites for hydroxylation is 2. The van der Waals surface area contributed by atoms with Crippen molar-refractivity contribution in [3.05, 3.63) is 56.9 Å². The van der Waals surface area contributed by atoms with Crippen molar-refractivity contribution in [1.29, 1.82) is 0 Å². The quantitative estimate of drug-likeness (QED) is 0.291. The highest BCUT2D eigenvalue weighted by molar-refractivity contribution is 6.09. The number of ether oxygens (including phenoxy) is 3. The van der Waals surface area contributed by atoms with Crippen LogP contribution in [-0.4, -0.2) is 47.4 Å². The predicted octanol–water partition coefficient (Wildman–Crippen LogP) is 2.52. The lowest BCUT2D eigenvalue weighted by Crippen LogP contribution is -2.21. The molecule has 1 heterocycles. The molecular formula is C19H20N2O8. The molecule has 0 aliphatic rings. The zero-order valence-electron chi connectivity index (χ0n) is 16.1. The summed E-state index contributed by atoms with van der Waals surface area (Å²) in [7, 11) is 0. The molecule has 2 rings (SSSR count). The highest BCUT2D eigenvalue weighted by Crippen LogP contribution is 2.25. The van der Waals surface area contributed by atoms with Crippen LogP contribution in [0.5, 0.6) is 5.75 Å². The van der Waals surface area contributed by atoms with Crippen molar-refractivity contribution < 1.29 is 33.5 Å². The second-order valence-corrected chi connectivity index (χ2v) is 5.94. The molecule has 0 aliphatic heterocycles. The van der Waals surface area contributed by atoms with Crippen LogP contribution >= 0.6 is 0 Å². The molecule has 1 aromatic carbocycles. The van der Waals surface area contributed by atoms with Gasteiger partial charge in [0.1, 0.15) is 0 Å². The molecule has 154 valence electrons. The van der Waals surface area contributed by atoms with E-state index in [4.69, 9.17) is 14.2 Å². The van der Waals surface area contributed by atoms with Gasteiger partial charge in [-0.05, 0) is 26.8 Å². The number of hydrogen-bond donors (Lipinski definition) is 1. The van der Waals surface area contributed by atoms with E-state index in [1.165, 1.54) is 24.3 Å². The zero-order chi connectivity index (χ0) is 21.6. The number of aromatic nitrogens is 1. The fourth-order valence-corrected chi connectivity index (χ4v) is 2.71. The molecule has 1 aromatic heterocycles. The first-order valence-electron chi connectivity index (χ1n) is 8.67. The molecule has 0 fully saturated rings. The Kier molecular flexibility index (Phi) is 7.07. The second kappa shape index (κ2) is 9.49. The number of hydrogen-bond acceptors (Lipinski definition) is 8. The van der Waals surface area contributed by atoms with Gasteiger partial charge < -0.3 is 19.2 Å². The SMILES string of the molecule is CCOC(=O)c1c(C)[nH]c(C)c1C(=O)COC(=O)COc1ccccc1[N+](=O)[O-]. The number of nitrogens with zero attached hydrogens (tertiary/aromatic N) is 1. The van der Waals surface area contributed by atoms with Crippen molar-refractivity contribution in [2.75, 3.05) is 19.8 Å². The van der Waals surface area contributed by atoms with Gasteiger partial charge in [0.2, 0.25) is 5.78 Å². The van der Waals surface area contributed by atoms with E-state index in [1.54, 1.807) is 20.8 Å². The number of carbonyl (C=O) groups excluding carboxylic acids is 3. The lowest BCUT2D eigenvalue weighted by atomic mass is 10.1. The smallest absolute Gasteiger partial charge is 0.344 e. The van der Waals surface area contributed by atoms with E-state index in [0.717, 1.165) is 0 Å². The van der Waals surface area contributed by atoms with Crippen molar-refractivity contribution in [3.8, 4) is 5.75 Å². The maximum atomic E-state index is 12.5. The molecule has 0 amide bonds. The fraction of sp³-hybridized carbons (Fsp3) is 0.316. The minimum atomic E-state index is -0.890.